The van der Waals surface area contributed by atoms with Crippen molar-refractivity contribution in [1.29, 1.82) is 0 Å². The Balaban J connectivity index is 2.24. The Morgan fingerprint density at radius 2 is 1.80 bits per heavy atom. The van der Waals surface area contributed by atoms with E-state index < -0.39 is 10.0 Å². The Morgan fingerprint density at radius 3 is 2.40 bits per heavy atom. The van der Waals surface area contributed by atoms with Crippen LogP contribution in [-0.4, -0.2) is 40.1 Å². The Bertz CT molecular complexity index is 960. The number of aryl methyl sites for hydroxylation is 2. The van der Waals surface area contributed by atoms with Crippen molar-refractivity contribution in [1.82, 2.24) is 5.32 Å². The first-order valence-electron chi connectivity index (χ1n) is 9.85. The maximum atomic E-state index is 13.4. The number of carbonyl (C=O) groups excluding carboxylic acids is 1. The third kappa shape index (κ3) is 6.72. The van der Waals surface area contributed by atoms with Crippen molar-refractivity contribution in [3.05, 3.63) is 58.6 Å². The number of nitrogens with zero attached hydrogens (tertiary/aromatic N) is 1. The van der Waals surface area contributed by atoms with Crippen LogP contribution >= 0.6 is 11.6 Å². The minimum absolute atomic E-state index is 0.126. The molecule has 2 aromatic carbocycles. The molecular formula is C22H29ClN2O4S. The molecule has 0 unspecified atom stereocenters. The second kappa shape index (κ2) is 10.8. The number of nitrogens with one attached hydrogen (secondary N) is 1. The standard InChI is InChI=1S/C22H29ClN2O4S/c1-16(2)29-13-5-12-24-22(26)15-25(21-11-8-19(23)14-18(21)4)30(27,28)20-9-6-17(3)7-10-20/h6-11,14,16H,5,12-13,15H2,1-4H3,(H,24,26). The third-order valence-electron chi connectivity index (χ3n) is 4.42. The Hall–Kier alpha value is -2.09. The van der Waals surface area contributed by atoms with Crippen LogP contribution < -0.4 is 9.62 Å². The smallest absolute Gasteiger partial charge is 0.264 e. The molecule has 0 heterocycles. The molecule has 8 heteroatoms. The molecule has 0 saturated heterocycles. The molecule has 0 atom stereocenters. The van der Waals surface area contributed by atoms with Crippen LogP contribution in [0.1, 0.15) is 31.4 Å². The van der Waals surface area contributed by atoms with E-state index in [0.717, 1.165) is 9.87 Å². The van der Waals surface area contributed by atoms with E-state index in [1.54, 1.807) is 49.4 Å². The fraction of sp³-hybridized carbons (Fsp3) is 0.409. The number of ether oxygens (including phenoxy) is 1. The topological polar surface area (TPSA) is 75.7 Å². The monoisotopic (exact) mass is 452 g/mol. The van der Waals surface area contributed by atoms with E-state index in [0.29, 0.717) is 35.8 Å². The predicted octanol–water partition coefficient (Wildman–Crippen LogP) is 4.08. The lowest BCUT2D eigenvalue weighted by molar-refractivity contribution is -0.119. The van der Waals surface area contributed by atoms with Crippen LogP contribution in [0.4, 0.5) is 5.69 Å². The van der Waals surface area contributed by atoms with Gasteiger partial charge in [-0.05, 0) is 70.0 Å². The number of anilines is 1. The van der Waals surface area contributed by atoms with Crippen molar-refractivity contribution < 1.29 is 17.9 Å². The predicted molar refractivity (Wildman–Crippen MR) is 121 cm³/mol. The van der Waals surface area contributed by atoms with Gasteiger partial charge in [0.25, 0.3) is 10.0 Å². The van der Waals surface area contributed by atoms with Crippen LogP contribution in [0.15, 0.2) is 47.4 Å². The number of hydrogen-bond donors (Lipinski definition) is 1. The van der Waals surface area contributed by atoms with Crippen LogP contribution in [0.5, 0.6) is 0 Å². The highest BCUT2D eigenvalue weighted by molar-refractivity contribution is 7.92. The summed E-state index contributed by atoms with van der Waals surface area (Å²) < 4.78 is 33.3. The number of carbonyl (C=O) groups is 1. The van der Waals surface area contributed by atoms with E-state index in [9.17, 15) is 13.2 Å². The average molecular weight is 453 g/mol. The molecule has 0 aliphatic heterocycles. The van der Waals surface area contributed by atoms with Gasteiger partial charge in [0, 0.05) is 18.2 Å². The summed E-state index contributed by atoms with van der Waals surface area (Å²) in [4.78, 5) is 12.7. The first-order chi connectivity index (χ1) is 14.1. The summed E-state index contributed by atoms with van der Waals surface area (Å²) >= 11 is 6.04. The van der Waals surface area contributed by atoms with Gasteiger partial charge in [0.2, 0.25) is 5.91 Å². The maximum absolute atomic E-state index is 13.4. The van der Waals surface area contributed by atoms with Crippen LogP contribution in [0, 0.1) is 13.8 Å². The zero-order valence-electron chi connectivity index (χ0n) is 17.8. The highest BCUT2D eigenvalue weighted by atomic mass is 35.5. The maximum Gasteiger partial charge on any atom is 0.264 e. The summed E-state index contributed by atoms with van der Waals surface area (Å²) in [6.45, 7) is 8.14. The van der Waals surface area contributed by atoms with Crippen LogP contribution in [0.2, 0.25) is 5.02 Å². The number of sulfonamides is 1. The largest absolute Gasteiger partial charge is 0.379 e. The first kappa shape index (κ1) is 24.2. The Labute approximate surface area is 184 Å². The summed E-state index contributed by atoms with van der Waals surface area (Å²) in [5.41, 5.74) is 2.03. The van der Waals surface area contributed by atoms with Crippen molar-refractivity contribution in [3.8, 4) is 0 Å². The van der Waals surface area contributed by atoms with Gasteiger partial charge in [-0.25, -0.2) is 8.42 Å². The number of amides is 1. The van der Waals surface area contributed by atoms with Crippen molar-refractivity contribution in [2.75, 3.05) is 24.0 Å². The van der Waals surface area contributed by atoms with E-state index in [-0.39, 0.29) is 23.5 Å². The zero-order valence-corrected chi connectivity index (χ0v) is 19.4. The minimum Gasteiger partial charge on any atom is -0.379 e. The quantitative estimate of drug-likeness (QED) is 0.551. The molecule has 0 aliphatic carbocycles. The molecule has 0 aliphatic rings. The van der Waals surface area contributed by atoms with E-state index in [4.69, 9.17) is 16.3 Å². The summed E-state index contributed by atoms with van der Waals surface area (Å²) in [5, 5.41) is 3.27. The molecule has 6 nitrogen and oxygen atoms in total. The lowest BCUT2D eigenvalue weighted by Gasteiger charge is -2.26. The molecule has 0 saturated carbocycles. The summed E-state index contributed by atoms with van der Waals surface area (Å²) in [5.74, 6) is -0.385. The lowest BCUT2D eigenvalue weighted by atomic mass is 10.2. The van der Waals surface area contributed by atoms with Gasteiger partial charge in [-0.1, -0.05) is 29.3 Å². The number of halogens is 1. The molecule has 164 valence electrons. The van der Waals surface area contributed by atoms with Gasteiger partial charge in [0.1, 0.15) is 6.54 Å². The second-order valence-electron chi connectivity index (χ2n) is 7.38. The Kier molecular flexibility index (Phi) is 8.70. The molecule has 0 radical (unpaired) electrons. The highest BCUT2D eigenvalue weighted by Crippen LogP contribution is 2.28. The number of hydrogen-bond acceptors (Lipinski definition) is 4. The van der Waals surface area contributed by atoms with Gasteiger partial charge in [-0.15, -0.1) is 0 Å². The van der Waals surface area contributed by atoms with E-state index in [1.807, 2.05) is 20.8 Å². The fourth-order valence-corrected chi connectivity index (χ4v) is 4.55. The van der Waals surface area contributed by atoms with Gasteiger partial charge in [0.15, 0.2) is 0 Å². The van der Waals surface area contributed by atoms with Crippen molar-refractivity contribution in [2.24, 2.45) is 0 Å². The molecule has 1 amide bonds. The molecule has 2 aromatic rings. The molecule has 1 N–H and O–H groups in total. The summed E-state index contributed by atoms with van der Waals surface area (Å²) in [7, 11) is -3.94. The van der Waals surface area contributed by atoms with Gasteiger partial charge in [-0.3, -0.25) is 9.10 Å². The minimum atomic E-state index is -3.94. The van der Waals surface area contributed by atoms with Crippen molar-refractivity contribution in [3.63, 3.8) is 0 Å². The number of benzene rings is 2. The molecule has 0 fully saturated rings. The molecule has 0 bridgehead atoms. The molecule has 30 heavy (non-hydrogen) atoms. The van der Waals surface area contributed by atoms with Gasteiger partial charge in [0.05, 0.1) is 16.7 Å². The van der Waals surface area contributed by atoms with Gasteiger partial charge >= 0.3 is 0 Å². The molecule has 0 spiro atoms. The highest BCUT2D eigenvalue weighted by Gasteiger charge is 2.28. The van der Waals surface area contributed by atoms with E-state index in [1.165, 1.54) is 0 Å². The van der Waals surface area contributed by atoms with E-state index in [2.05, 4.69) is 5.32 Å². The molecule has 0 aromatic heterocycles. The fourth-order valence-electron chi connectivity index (χ4n) is 2.84. The van der Waals surface area contributed by atoms with E-state index >= 15 is 0 Å². The average Bonchev–Trinajstić information content (AvgIpc) is 2.66. The van der Waals surface area contributed by atoms with Gasteiger partial charge < -0.3 is 10.1 Å². The van der Waals surface area contributed by atoms with Crippen molar-refractivity contribution >= 4 is 33.2 Å². The molecule has 2 rings (SSSR count). The SMILES string of the molecule is Cc1ccc(S(=O)(=O)N(CC(=O)NCCCOC(C)C)c2ccc(Cl)cc2C)cc1. The summed E-state index contributed by atoms with van der Waals surface area (Å²) in [6.07, 6.45) is 0.776. The first-order valence-corrected chi connectivity index (χ1v) is 11.7. The van der Waals surface area contributed by atoms with Crippen LogP contribution in [0.25, 0.3) is 0 Å². The zero-order chi connectivity index (χ0) is 22.3. The third-order valence-corrected chi connectivity index (χ3v) is 6.43. The van der Waals surface area contributed by atoms with Crippen molar-refractivity contribution in [2.45, 2.75) is 45.1 Å². The van der Waals surface area contributed by atoms with Gasteiger partial charge in [-0.2, -0.15) is 0 Å². The van der Waals surface area contributed by atoms with Crippen LogP contribution in [0.3, 0.4) is 0 Å². The second-order valence-corrected chi connectivity index (χ2v) is 9.68. The Morgan fingerprint density at radius 1 is 1.13 bits per heavy atom. The lowest BCUT2D eigenvalue weighted by Crippen LogP contribution is -2.41. The summed E-state index contributed by atoms with van der Waals surface area (Å²) in [6, 6.07) is 11.5. The number of rotatable bonds is 10. The normalized spacial score (nSPS) is 11.5. The van der Waals surface area contributed by atoms with Crippen LogP contribution in [-0.2, 0) is 19.6 Å². The molecular weight excluding hydrogens is 424 g/mol.